The van der Waals surface area contributed by atoms with Gasteiger partial charge in [-0.3, -0.25) is 9.59 Å². The third-order valence-electron chi connectivity index (χ3n) is 2.69. The topological polar surface area (TPSA) is 74.3 Å². The van der Waals surface area contributed by atoms with Gasteiger partial charge in [0.1, 0.15) is 0 Å². The van der Waals surface area contributed by atoms with E-state index in [0.29, 0.717) is 19.6 Å². The van der Waals surface area contributed by atoms with Crippen molar-refractivity contribution in [1.82, 2.24) is 20.5 Å². The third kappa shape index (κ3) is 3.27. The van der Waals surface area contributed by atoms with Crippen molar-refractivity contribution in [2.75, 3.05) is 26.2 Å². The Kier molecular flexibility index (Phi) is 4.27. The summed E-state index contributed by atoms with van der Waals surface area (Å²) >= 11 is 1.52. The number of aryl methyl sites for hydroxylation is 1. The fourth-order valence-corrected chi connectivity index (χ4v) is 2.48. The first-order valence-electron chi connectivity index (χ1n) is 5.86. The Labute approximate surface area is 109 Å². The van der Waals surface area contributed by atoms with E-state index < -0.39 is 11.8 Å². The molecule has 6 nitrogen and oxygen atoms in total. The van der Waals surface area contributed by atoms with Gasteiger partial charge in [0.15, 0.2) is 0 Å². The van der Waals surface area contributed by atoms with Gasteiger partial charge in [-0.1, -0.05) is 0 Å². The Balaban J connectivity index is 1.81. The van der Waals surface area contributed by atoms with E-state index in [2.05, 4.69) is 15.6 Å². The molecule has 2 amide bonds. The van der Waals surface area contributed by atoms with Crippen LogP contribution >= 0.6 is 11.3 Å². The smallest absolute Gasteiger partial charge is 0.311 e. The first kappa shape index (κ1) is 13.0. The maximum Gasteiger partial charge on any atom is 0.311 e. The van der Waals surface area contributed by atoms with E-state index in [1.54, 1.807) is 11.1 Å². The van der Waals surface area contributed by atoms with Crippen LogP contribution in [0.4, 0.5) is 0 Å². The van der Waals surface area contributed by atoms with E-state index in [1.807, 2.05) is 6.92 Å². The number of carbonyl (C=O) groups excluding carboxylic acids is 2. The molecule has 1 saturated heterocycles. The second kappa shape index (κ2) is 5.92. The number of thiazole rings is 1. The molecule has 1 aliphatic heterocycles. The van der Waals surface area contributed by atoms with Gasteiger partial charge in [0, 0.05) is 37.3 Å². The average Bonchev–Trinajstić information content (AvgIpc) is 2.82. The molecule has 0 aliphatic carbocycles. The quantitative estimate of drug-likeness (QED) is 0.709. The number of piperazine rings is 1. The highest BCUT2D eigenvalue weighted by molar-refractivity contribution is 7.11. The highest BCUT2D eigenvalue weighted by Crippen LogP contribution is 2.10. The fourth-order valence-electron chi connectivity index (χ4n) is 1.74. The molecule has 0 aromatic carbocycles. The lowest BCUT2D eigenvalue weighted by Crippen LogP contribution is -2.51. The Morgan fingerprint density at radius 1 is 1.50 bits per heavy atom. The van der Waals surface area contributed by atoms with Gasteiger partial charge in [-0.2, -0.15) is 0 Å². The number of aromatic nitrogens is 1. The summed E-state index contributed by atoms with van der Waals surface area (Å²) in [5.41, 5.74) is 0. The van der Waals surface area contributed by atoms with Crippen molar-refractivity contribution in [2.45, 2.75) is 13.5 Å². The van der Waals surface area contributed by atoms with Crippen LogP contribution in [0.5, 0.6) is 0 Å². The predicted octanol–water partition coefficient (Wildman–Crippen LogP) is -0.500. The summed E-state index contributed by atoms with van der Waals surface area (Å²) in [6.07, 6.45) is 1.72. The number of amides is 2. The van der Waals surface area contributed by atoms with E-state index in [4.69, 9.17) is 0 Å². The molecule has 98 valence electrons. The number of rotatable bonds is 2. The largest absolute Gasteiger partial charge is 0.343 e. The van der Waals surface area contributed by atoms with Gasteiger partial charge >= 0.3 is 11.8 Å². The maximum atomic E-state index is 11.8. The van der Waals surface area contributed by atoms with Gasteiger partial charge < -0.3 is 15.5 Å². The molecular formula is C11H16N4O2S. The van der Waals surface area contributed by atoms with Gasteiger partial charge in [-0.05, 0) is 6.92 Å². The highest BCUT2D eigenvalue weighted by Gasteiger charge is 2.22. The molecular weight excluding hydrogens is 252 g/mol. The predicted molar refractivity (Wildman–Crippen MR) is 68.1 cm³/mol. The first-order chi connectivity index (χ1) is 8.66. The number of carbonyl (C=O) groups is 2. The van der Waals surface area contributed by atoms with Crippen molar-refractivity contribution in [3.8, 4) is 0 Å². The Morgan fingerprint density at radius 2 is 2.22 bits per heavy atom. The summed E-state index contributed by atoms with van der Waals surface area (Å²) in [4.78, 5) is 30.1. The van der Waals surface area contributed by atoms with E-state index in [-0.39, 0.29) is 0 Å². The zero-order valence-corrected chi connectivity index (χ0v) is 11.0. The van der Waals surface area contributed by atoms with Crippen LogP contribution in [0.1, 0.15) is 9.88 Å². The van der Waals surface area contributed by atoms with Gasteiger partial charge in [0.05, 0.1) is 11.6 Å². The van der Waals surface area contributed by atoms with Crippen LogP contribution in [0, 0.1) is 6.92 Å². The summed E-state index contributed by atoms with van der Waals surface area (Å²) in [6.45, 7) is 4.93. The van der Waals surface area contributed by atoms with Crippen LogP contribution in [0.15, 0.2) is 6.20 Å². The summed E-state index contributed by atoms with van der Waals surface area (Å²) in [6, 6.07) is 0. The van der Waals surface area contributed by atoms with Crippen LogP contribution in [0.2, 0.25) is 0 Å². The van der Waals surface area contributed by atoms with Gasteiger partial charge in [0.2, 0.25) is 0 Å². The minimum Gasteiger partial charge on any atom is -0.343 e. The normalized spacial score (nSPS) is 15.5. The zero-order valence-electron chi connectivity index (χ0n) is 10.2. The average molecular weight is 268 g/mol. The Hall–Kier alpha value is -1.47. The number of nitrogens with zero attached hydrogens (tertiary/aromatic N) is 2. The van der Waals surface area contributed by atoms with Crippen molar-refractivity contribution in [3.05, 3.63) is 16.1 Å². The summed E-state index contributed by atoms with van der Waals surface area (Å²) in [5.74, 6) is -0.985. The monoisotopic (exact) mass is 268 g/mol. The van der Waals surface area contributed by atoms with Crippen LogP contribution in [-0.2, 0) is 16.1 Å². The van der Waals surface area contributed by atoms with Gasteiger partial charge in [0.25, 0.3) is 0 Å². The lowest BCUT2D eigenvalue weighted by Gasteiger charge is -2.26. The maximum absolute atomic E-state index is 11.8. The molecule has 0 unspecified atom stereocenters. The lowest BCUT2D eigenvalue weighted by atomic mass is 10.3. The zero-order chi connectivity index (χ0) is 13.0. The van der Waals surface area contributed by atoms with Gasteiger partial charge in [-0.15, -0.1) is 11.3 Å². The second-order valence-electron chi connectivity index (χ2n) is 4.07. The van der Waals surface area contributed by atoms with Crippen molar-refractivity contribution in [2.24, 2.45) is 0 Å². The molecule has 18 heavy (non-hydrogen) atoms. The van der Waals surface area contributed by atoms with Crippen LogP contribution < -0.4 is 10.6 Å². The third-order valence-corrected chi connectivity index (χ3v) is 3.60. The van der Waals surface area contributed by atoms with Gasteiger partial charge in [-0.25, -0.2) is 4.98 Å². The molecule has 1 fully saturated rings. The molecule has 2 heterocycles. The summed E-state index contributed by atoms with van der Waals surface area (Å²) < 4.78 is 0. The van der Waals surface area contributed by atoms with Crippen LogP contribution in [-0.4, -0.2) is 47.9 Å². The first-order valence-corrected chi connectivity index (χ1v) is 6.67. The summed E-state index contributed by atoms with van der Waals surface area (Å²) in [5, 5.41) is 6.72. The summed E-state index contributed by atoms with van der Waals surface area (Å²) in [7, 11) is 0. The molecule has 0 saturated carbocycles. The minimum atomic E-state index is -0.539. The molecule has 0 radical (unpaired) electrons. The van der Waals surface area contributed by atoms with E-state index in [0.717, 1.165) is 23.0 Å². The fraction of sp³-hybridized carbons (Fsp3) is 0.545. The molecule has 0 atom stereocenters. The Bertz CT molecular complexity index is 440. The van der Waals surface area contributed by atoms with Crippen molar-refractivity contribution in [1.29, 1.82) is 0 Å². The van der Waals surface area contributed by atoms with Crippen molar-refractivity contribution in [3.63, 3.8) is 0 Å². The molecule has 2 N–H and O–H groups in total. The molecule has 0 bridgehead atoms. The Morgan fingerprint density at radius 3 is 2.83 bits per heavy atom. The minimum absolute atomic E-state index is 0.363. The standard InChI is InChI=1S/C11H16N4O2S/c1-8-13-6-9(18-8)7-14-10(16)11(17)15-4-2-12-3-5-15/h6,12H,2-5,7H2,1H3,(H,14,16). The van der Waals surface area contributed by atoms with E-state index in [9.17, 15) is 9.59 Å². The number of nitrogens with one attached hydrogen (secondary N) is 2. The van der Waals surface area contributed by atoms with Crippen molar-refractivity contribution >= 4 is 23.2 Å². The molecule has 1 aromatic rings. The molecule has 2 rings (SSSR count). The number of hydrogen-bond donors (Lipinski definition) is 2. The molecule has 7 heteroatoms. The molecule has 0 spiro atoms. The number of hydrogen-bond acceptors (Lipinski definition) is 5. The molecule has 1 aliphatic rings. The second-order valence-corrected chi connectivity index (χ2v) is 5.39. The van der Waals surface area contributed by atoms with Crippen LogP contribution in [0.25, 0.3) is 0 Å². The highest BCUT2D eigenvalue weighted by atomic mass is 32.1. The molecule has 1 aromatic heterocycles. The SMILES string of the molecule is Cc1ncc(CNC(=O)C(=O)N2CCNCC2)s1. The van der Waals surface area contributed by atoms with E-state index in [1.165, 1.54) is 11.3 Å². The lowest BCUT2D eigenvalue weighted by molar-refractivity contribution is -0.146. The van der Waals surface area contributed by atoms with Crippen molar-refractivity contribution < 1.29 is 9.59 Å². The van der Waals surface area contributed by atoms with E-state index >= 15 is 0 Å². The van der Waals surface area contributed by atoms with Crippen LogP contribution in [0.3, 0.4) is 0 Å².